The van der Waals surface area contributed by atoms with Crippen molar-refractivity contribution in [3.63, 3.8) is 0 Å². The fourth-order valence-electron chi connectivity index (χ4n) is 3.97. The Kier molecular flexibility index (Phi) is 6.82. The van der Waals surface area contributed by atoms with Gasteiger partial charge in [-0.3, -0.25) is 14.9 Å². The van der Waals surface area contributed by atoms with Crippen molar-refractivity contribution >= 4 is 22.9 Å². The summed E-state index contributed by atoms with van der Waals surface area (Å²) < 4.78 is 41.9. The second-order valence-corrected chi connectivity index (χ2v) is 8.72. The van der Waals surface area contributed by atoms with Crippen molar-refractivity contribution in [2.75, 3.05) is 13.1 Å². The number of para-hydroxylation sites is 2. The molecule has 1 aliphatic rings. The summed E-state index contributed by atoms with van der Waals surface area (Å²) in [7, 11) is 0. The van der Waals surface area contributed by atoms with Crippen LogP contribution < -0.4 is 4.74 Å². The first-order valence-electron chi connectivity index (χ1n) is 10.5. The number of nitro benzene ring substituents is 1. The molecule has 0 saturated carbocycles. The van der Waals surface area contributed by atoms with E-state index in [1.807, 2.05) is 0 Å². The van der Waals surface area contributed by atoms with Crippen molar-refractivity contribution in [3.05, 3.63) is 74.6 Å². The Bertz CT molecular complexity index is 1190. The molecule has 1 amide bonds. The summed E-state index contributed by atoms with van der Waals surface area (Å²) in [5.41, 5.74) is 1.19. The number of likely N-dealkylation sites (tertiary alicyclic amines) is 1. The van der Waals surface area contributed by atoms with Gasteiger partial charge in [-0.25, -0.2) is 4.98 Å². The number of carbonyl (C=O) groups excluding carboxylic acids is 1. The lowest BCUT2D eigenvalue weighted by Gasteiger charge is -2.31. The molecule has 0 spiro atoms. The van der Waals surface area contributed by atoms with Gasteiger partial charge in [0.25, 0.3) is 5.69 Å². The zero-order valence-corrected chi connectivity index (χ0v) is 18.6. The van der Waals surface area contributed by atoms with E-state index in [1.165, 1.54) is 35.6 Å². The molecule has 1 saturated heterocycles. The first-order chi connectivity index (χ1) is 16.2. The van der Waals surface area contributed by atoms with Crippen LogP contribution in [0.3, 0.4) is 0 Å². The number of rotatable bonds is 6. The van der Waals surface area contributed by atoms with Crippen LogP contribution in [-0.2, 0) is 11.2 Å². The summed E-state index contributed by atoms with van der Waals surface area (Å²) in [5.74, 6) is -0.536. The Labute approximate surface area is 197 Å². The first kappa shape index (κ1) is 23.7. The fourth-order valence-corrected chi connectivity index (χ4v) is 4.96. The maximum absolute atomic E-state index is 12.7. The van der Waals surface area contributed by atoms with Gasteiger partial charge in [0.15, 0.2) is 0 Å². The van der Waals surface area contributed by atoms with E-state index in [9.17, 15) is 28.1 Å². The molecule has 2 heterocycles. The van der Waals surface area contributed by atoms with Gasteiger partial charge in [0, 0.05) is 36.0 Å². The van der Waals surface area contributed by atoms with Gasteiger partial charge in [0.05, 0.1) is 27.6 Å². The van der Waals surface area contributed by atoms with Crippen LogP contribution in [0.25, 0.3) is 11.3 Å². The third-order valence-electron chi connectivity index (χ3n) is 5.64. The third kappa shape index (κ3) is 5.53. The summed E-state index contributed by atoms with van der Waals surface area (Å²) in [6, 6.07) is 12.1. The number of hydrogen-bond acceptors (Lipinski definition) is 6. The van der Waals surface area contributed by atoms with Gasteiger partial charge < -0.3 is 9.64 Å². The van der Waals surface area contributed by atoms with Gasteiger partial charge >= 0.3 is 6.36 Å². The van der Waals surface area contributed by atoms with E-state index in [2.05, 4.69) is 9.72 Å². The minimum atomic E-state index is -4.83. The molecule has 1 aromatic heterocycles. The molecule has 2 aromatic carbocycles. The highest BCUT2D eigenvalue weighted by atomic mass is 32.1. The molecule has 1 aliphatic heterocycles. The molecule has 7 nitrogen and oxygen atoms in total. The number of aromatic nitrogens is 1. The van der Waals surface area contributed by atoms with E-state index in [0.717, 1.165) is 5.01 Å². The van der Waals surface area contributed by atoms with Gasteiger partial charge in [-0.1, -0.05) is 30.3 Å². The van der Waals surface area contributed by atoms with Crippen molar-refractivity contribution in [1.29, 1.82) is 0 Å². The number of nitrogens with zero attached hydrogens (tertiary/aromatic N) is 3. The van der Waals surface area contributed by atoms with E-state index >= 15 is 0 Å². The Morgan fingerprint density at radius 1 is 1.15 bits per heavy atom. The van der Waals surface area contributed by atoms with Crippen molar-refractivity contribution in [3.8, 4) is 17.0 Å². The molecule has 0 N–H and O–H groups in total. The van der Waals surface area contributed by atoms with Crippen molar-refractivity contribution in [2.45, 2.75) is 31.5 Å². The zero-order valence-electron chi connectivity index (χ0n) is 17.8. The molecule has 0 bridgehead atoms. The predicted molar refractivity (Wildman–Crippen MR) is 120 cm³/mol. The van der Waals surface area contributed by atoms with E-state index < -0.39 is 11.3 Å². The third-order valence-corrected chi connectivity index (χ3v) is 6.64. The molecule has 1 fully saturated rings. The van der Waals surface area contributed by atoms with Crippen LogP contribution in [0.15, 0.2) is 53.9 Å². The molecule has 0 unspecified atom stereocenters. The molecule has 11 heteroatoms. The summed E-state index contributed by atoms with van der Waals surface area (Å²) >= 11 is 1.43. The monoisotopic (exact) mass is 491 g/mol. The van der Waals surface area contributed by atoms with Crippen molar-refractivity contribution in [2.24, 2.45) is 0 Å². The molecule has 0 radical (unpaired) electrons. The van der Waals surface area contributed by atoms with Gasteiger partial charge in [-0.15, -0.1) is 24.5 Å². The highest BCUT2D eigenvalue weighted by Crippen LogP contribution is 2.36. The van der Waals surface area contributed by atoms with Crippen LogP contribution in [0, 0.1) is 10.1 Å². The molecule has 34 heavy (non-hydrogen) atoms. The quantitative estimate of drug-likeness (QED) is 0.333. The number of amides is 1. The number of benzene rings is 2. The normalized spacial score (nSPS) is 14.7. The van der Waals surface area contributed by atoms with Crippen molar-refractivity contribution < 1.29 is 27.6 Å². The summed E-state index contributed by atoms with van der Waals surface area (Å²) in [6.45, 7) is 0.901. The molecule has 178 valence electrons. The largest absolute Gasteiger partial charge is 0.573 e. The average molecular weight is 491 g/mol. The fraction of sp³-hybridized carbons (Fsp3) is 0.304. The molecule has 0 atom stereocenters. The molecule has 4 rings (SSSR count). The van der Waals surface area contributed by atoms with Gasteiger partial charge in [0.1, 0.15) is 5.75 Å². The first-order valence-corrected chi connectivity index (χ1v) is 11.4. The standard InChI is InChI=1S/C23H20F3N3O4S/c24-23(25,26)33-20-8-4-1-5-16(20)13-21(30)28-11-9-15(10-12-28)22-27-18(14-34-22)17-6-2-3-7-19(17)29(31)32/h1-8,14-15H,9-13H2. The minimum Gasteiger partial charge on any atom is -0.405 e. The summed E-state index contributed by atoms with van der Waals surface area (Å²) in [6.07, 6.45) is -3.72. The van der Waals surface area contributed by atoms with Gasteiger partial charge in [0.2, 0.25) is 5.91 Å². The maximum Gasteiger partial charge on any atom is 0.573 e. The Hall–Kier alpha value is -3.47. The second-order valence-electron chi connectivity index (χ2n) is 7.83. The van der Waals surface area contributed by atoms with Crippen LogP contribution in [0.1, 0.15) is 29.3 Å². The number of halogens is 3. The number of carbonyl (C=O) groups is 1. The maximum atomic E-state index is 12.7. The predicted octanol–water partition coefficient (Wildman–Crippen LogP) is 5.57. The SMILES string of the molecule is O=C(Cc1ccccc1OC(F)(F)F)N1CCC(c2nc(-c3ccccc3[N+](=O)[O-])cs2)CC1. The Morgan fingerprint density at radius 3 is 2.53 bits per heavy atom. The lowest BCUT2D eigenvalue weighted by molar-refractivity contribution is -0.384. The smallest absolute Gasteiger partial charge is 0.405 e. The highest BCUT2D eigenvalue weighted by molar-refractivity contribution is 7.10. The van der Waals surface area contributed by atoms with Crippen LogP contribution in [0.5, 0.6) is 5.75 Å². The number of alkyl halides is 3. The second kappa shape index (κ2) is 9.80. The average Bonchev–Trinajstić information content (AvgIpc) is 3.30. The molecular weight excluding hydrogens is 471 g/mol. The summed E-state index contributed by atoms with van der Waals surface area (Å²) in [5, 5.41) is 14.0. The number of piperidine rings is 1. The topological polar surface area (TPSA) is 85.6 Å². The van der Waals surface area contributed by atoms with Crippen LogP contribution >= 0.6 is 11.3 Å². The zero-order chi connectivity index (χ0) is 24.3. The Morgan fingerprint density at radius 2 is 1.82 bits per heavy atom. The number of hydrogen-bond donors (Lipinski definition) is 0. The molecule has 0 aliphatic carbocycles. The van der Waals surface area contributed by atoms with Crippen LogP contribution in [-0.4, -0.2) is 40.2 Å². The lowest BCUT2D eigenvalue weighted by atomic mass is 9.97. The van der Waals surface area contributed by atoms with E-state index in [-0.39, 0.29) is 35.2 Å². The van der Waals surface area contributed by atoms with Crippen LogP contribution in [0.4, 0.5) is 18.9 Å². The molecular formula is C23H20F3N3O4S. The molecule has 3 aromatic rings. The van der Waals surface area contributed by atoms with Gasteiger partial charge in [-0.05, 0) is 25.0 Å². The van der Waals surface area contributed by atoms with Crippen molar-refractivity contribution in [1.82, 2.24) is 9.88 Å². The summed E-state index contributed by atoms with van der Waals surface area (Å²) in [4.78, 5) is 29.9. The minimum absolute atomic E-state index is 0.00505. The Balaban J connectivity index is 1.39. The highest BCUT2D eigenvalue weighted by Gasteiger charge is 2.33. The van der Waals surface area contributed by atoms with Gasteiger partial charge in [-0.2, -0.15) is 0 Å². The number of thiazole rings is 1. The van der Waals surface area contributed by atoms with E-state index in [1.54, 1.807) is 34.5 Å². The lowest BCUT2D eigenvalue weighted by Crippen LogP contribution is -2.38. The number of nitro groups is 1. The van der Waals surface area contributed by atoms with E-state index in [0.29, 0.717) is 37.2 Å². The number of ether oxygens (including phenoxy) is 1. The van der Waals surface area contributed by atoms with Crippen LogP contribution in [0.2, 0.25) is 0 Å². The van der Waals surface area contributed by atoms with E-state index in [4.69, 9.17) is 0 Å².